The van der Waals surface area contributed by atoms with Gasteiger partial charge < -0.3 is 9.84 Å². The number of aliphatic hydroxyl groups excluding tert-OH is 1. The third-order valence-electron chi connectivity index (χ3n) is 2.24. The van der Waals surface area contributed by atoms with Crippen molar-refractivity contribution >= 4 is 0 Å². The van der Waals surface area contributed by atoms with Gasteiger partial charge in [0, 0.05) is 13.0 Å². The van der Waals surface area contributed by atoms with Crippen LogP contribution < -0.4 is 0 Å². The molecular formula is C11H24O2. The number of hydrogen-bond donors (Lipinski definition) is 1. The van der Waals surface area contributed by atoms with Gasteiger partial charge in [-0.05, 0) is 26.7 Å². The molecule has 2 unspecified atom stereocenters. The van der Waals surface area contributed by atoms with Crippen LogP contribution in [0.3, 0.4) is 0 Å². The Morgan fingerprint density at radius 2 is 1.85 bits per heavy atom. The van der Waals surface area contributed by atoms with E-state index in [1.807, 2.05) is 13.8 Å². The number of aliphatic hydroxyl groups is 1. The third kappa shape index (κ3) is 7.03. The van der Waals surface area contributed by atoms with Crippen LogP contribution in [-0.2, 0) is 4.74 Å². The fraction of sp³-hybridized carbons (Fsp3) is 1.00. The Kier molecular flexibility index (Phi) is 5.57. The first-order valence-electron chi connectivity index (χ1n) is 5.19. The van der Waals surface area contributed by atoms with Crippen LogP contribution in [0.25, 0.3) is 0 Å². The number of hydrogen-bond acceptors (Lipinski definition) is 2. The molecule has 0 heterocycles. The maximum absolute atomic E-state index is 9.23. The normalized spacial score (nSPS) is 17.1. The lowest BCUT2D eigenvalue weighted by atomic mass is 10.0. The zero-order valence-electron chi connectivity index (χ0n) is 9.63. The molecule has 0 spiro atoms. The molecule has 0 radical (unpaired) electrons. The summed E-state index contributed by atoms with van der Waals surface area (Å²) < 4.78 is 5.73. The Labute approximate surface area is 82.3 Å². The first kappa shape index (κ1) is 12.9. The molecule has 0 aromatic heterocycles. The first-order valence-corrected chi connectivity index (χ1v) is 5.19. The zero-order valence-corrected chi connectivity index (χ0v) is 9.63. The van der Waals surface area contributed by atoms with E-state index in [2.05, 4.69) is 13.8 Å². The van der Waals surface area contributed by atoms with Gasteiger partial charge in [-0.25, -0.2) is 0 Å². The van der Waals surface area contributed by atoms with Gasteiger partial charge in [0.05, 0.1) is 11.7 Å². The van der Waals surface area contributed by atoms with Crippen molar-refractivity contribution in [3.8, 4) is 0 Å². The predicted molar refractivity (Wildman–Crippen MR) is 55.8 cm³/mol. The minimum Gasteiger partial charge on any atom is -0.393 e. The van der Waals surface area contributed by atoms with E-state index in [-0.39, 0.29) is 11.7 Å². The average Bonchev–Trinajstić information content (AvgIpc) is 1.98. The summed E-state index contributed by atoms with van der Waals surface area (Å²) in [6.45, 7) is 11.0. The molecule has 0 rings (SSSR count). The largest absolute Gasteiger partial charge is 0.393 e. The van der Waals surface area contributed by atoms with Gasteiger partial charge in [-0.15, -0.1) is 0 Å². The van der Waals surface area contributed by atoms with Crippen LogP contribution in [0, 0.1) is 5.92 Å². The highest BCUT2D eigenvalue weighted by atomic mass is 16.5. The van der Waals surface area contributed by atoms with E-state index < -0.39 is 0 Å². The van der Waals surface area contributed by atoms with Gasteiger partial charge in [0.25, 0.3) is 0 Å². The van der Waals surface area contributed by atoms with E-state index in [9.17, 15) is 5.11 Å². The van der Waals surface area contributed by atoms with Crippen molar-refractivity contribution in [2.24, 2.45) is 5.92 Å². The monoisotopic (exact) mass is 188 g/mol. The molecule has 2 nitrogen and oxygen atoms in total. The molecule has 2 heteroatoms. The van der Waals surface area contributed by atoms with Gasteiger partial charge in [0.2, 0.25) is 0 Å². The lowest BCUT2D eigenvalue weighted by molar-refractivity contribution is -0.0584. The molecule has 0 aliphatic heterocycles. The molecule has 13 heavy (non-hydrogen) atoms. The summed E-state index contributed by atoms with van der Waals surface area (Å²) in [5.74, 6) is 0.605. The molecule has 0 aromatic rings. The summed E-state index contributed by atoms with van der Waals surface area (Å²) in [4.78, 5) is 0. The van der Waals surface area contributed by atoms with Gasteiger partial charge in [0.1, 0.15) is 0 Å². The van der Waals surface area contributed by atoms with E-state index in [4.69, 9.17) is 4.74 Å². The van der Waals surface area contributed by atoms with Gasteiger partial charge in [0.15, 0.2) is 0 Å². The van der Waals surface area contributed by atoms with E-state index in [0.717, 1.165) is 13.0 Å². The Bertz CT molecular complexity index is 130. The highest BCUT2D eigenvalue weighted by molar-refractivity contribution is 4.71. The van der Waals surface area contributed by atoms with Gasteiger partial charge in [-0.2, -0.15) is 0 Å². The van der Waals surface area contributed by atoms with Crippen molar-refractivity contribution in [1.29, 1.82) is 0 Å². The molecule has 2 atom stereocenters. The second kappa shape index (κ2) is 5.61. The van der Waals surface area contributed by atoms with Crippen molar-refractivity contribution < 1.29 is 9.84 Å². The number of ether oxygens (including phenoxy) is 1. The standard InChI is InChI=1S/C11H24O2/c1-6-9(2)8-13-11(4,5)7-10(3)12/h9-10,12H,6-8H2,1-5H3. The Balaban J connectivity index is 3.74. The second-order valence-electron chi connectivity index (χ2n) is 4.64. The summed E-state index contributed by atoms with van der Waals surface area (Å²) in [7, 11) is 0. The molecular weight excluding hydrogens is 164 g/mol. The first-order chi connectivity index (χ1) is 5.87. The summed E-state index contributed by atoms with van der Waals surface area (Å²) >= 11 is 0. The second-order valence-corrected chi connectivity index (χ2v) is 4.64. The van der Waals surface area contributed by atoms with Crippen LogP contribution in [-0.4, -0.2) is 23.4 Å². The molecule has 0 aliphatic carbocycles. The summed E-state index contributed by atoms with van der Waals surface area (Å²) in [5, 5.41) is 9.23. The Hall–Kier alpha value is -0.0800. The lowest BCUT2D eigenvalue weighted by Gasteiger charge is -2.28. The van der Waals surface area contributed by atoms with E-state index in [1.165, 1.54) is 0 Å². The van der Waals surface area contributed by atoms with Gasteiger partial charge in [-0.1, -0.05) is 20.3 Å². The van der Waals surface area contributed by atoms with Crippen molar-refractivity contribution in [2.45, 2.75) is 59.2 Å². The summed E-state index contributed by atoms with van der Waals surface area (Å²) in [6, 6.07) is 0. The van der Waals surface area contributed by atoms with Crippen LogP contribution >= 0.6 is 0 Å². The highest BCUT2D eigenvalue weighted by Crippen LogP contribution is 2.18. The third-order valence-corrected chi connectivity index (χ3v) is 2.24. The zero-order chi connectivity index (χ0) is 10.5. The minimum atomic E-state index is -0.285. The summed E-state index contributed by atoms with van der Waals surface area (Å²) in [6.07, 6.45) is 1.56. The van der Waals surface area contributed by atoms with Crippen LogP contribution in [0.1, 0.15) is 47.5 Å². The molecule has 0 aliphatic rings. The quantitative estimate of drug-likeness (QED) is 0.694. The number of rotatable bonds is 6. The van der Waals surface area contributed by atoms with Crippen molar-refractivity contribution in [1.82, 2.24) is 0 Å². The predicted octanol–water partition coefficient (Wildman–Crippen LogP) is 2.60. The molecule has 80 valence electrons. The maximum atomic E-state index is 9.23. The highest BCUT2D eigenvalue weighted by Gasteiger charge is 2.21. The van der Waals surface area contributed by atoms with Crippen LogP contribution in [0.5, 0.6) is 0 Å². The Morgan fingerprint density at radius 3 is 2.23 bits per heavy atom. The molecule has 0 amide bonds. The summed E-state index contributed by atoms with van der Waals surface area (Å²) in [5.41, 5.74) is -0.197. The fourth-order valence-electron chi connectivity index (χ4n) is 1.26. The van der Waals surface area contributed by atoms with E-state index in [0.29, 0.717) is 12.3 Å². The van der Waals surface area contributed by atoms with Crippen LogP contribution in [0.4, 0.5) is 0 Å². The van der Waals surface area contributed by atoms with Crippen LogP contribution in [0.2, 0.25) is 0 Å². The smallest absolute Gasteiger partial charge is 0.0651 e. The van der Waals surface area contributed by atoms with Crippen molar-refractivity contribution in [3.63, 3.8) is 0 Å². The molecule has 0 bridgehead atoms. The van der Waals surface area contributed by atoms with Crippen molar-refractivity contribution in [2.75, 3.05) is 6.61 Å². The van der Waals surface area contributed by atoms with Crippen molar-refractivity contribution in [3.05, 3.63) is 0 Å². The fourth-order valence-corrected chi connectivity index (χ4v) is 1.26. The molecule has 1 N–H and O–H groups in total. The van der Waals surface area contributed by atoms with Gasteiger partial charge in [-0.3, -0.25) is 0 Å². The van der Waals surface area contributed by atoms with E-state index in [1.54, 1.807) is 6.92 Å². The molecule has 0 saturated carbocycles. The van der Waals surface area contributed by atoms with E-state index >= 15 is 0 Å². The van der Waals surface area contributed by atoms with Crippen LogP contribution in [0.15, 0.2) is 0 Å². The molecule has 0 saturated heterocycles. The lowest BCUT2D eigenvalue weighted by Crippen LogP contribution is -2.30. The minimum absolute atomic E-state index is 0.197. The molecule has 0 aromatic carbocycles. The Morgan fingerprint density at radius 1 is 1.31 bits per heavy atom. The topological polar surface area (TPSA) is 29.5 Å². The SMILES string of the molecule is CCC(C)COC(C)(C)CC(C)O. The average molecular weight is 188 g/mol. The van der Waals surface area contributed by atoms with Gasteiger partial charge >= 0.3 is 0 Å². The maximum Gasteiger partial charge on any atom is 0.0651 e. The molecule has 0 fully saturated rings.